The molecule has 1 heterocycles. The zero-order valence-corrected chi connectivity index (χ0v) is 12.5. The third-order valence-corrected chi connectivity index (χ3v) is 4.34. The van der Waals surface area contributed by atoms with Crippen molar-refractivity contribution in [3.63, 3.8) is 0 Å². The van der Waals surface area contributed by atoms with E-state index >= 15 is 0 Å². The van der Waals surface area contributed by atoms with Crippen LogP contribution in [0.5, 0.6) is 0 Å². The second-order valence-electron chi connectivity index (χ2n) is 5.98. The highest BCUT2D eigenvalue weighted by Crippen LogP contribution is 2.25. The number of nitrogens with one attached hydrogen (secondary N) is 1. The Morgan fingerprint density at radius 3 is 2.48 bits per heavy atom. The van der Waals surface area contributed by atoms with E-state index in [1.807, 2.05) is 0 Å². The van der Waals surface area contributed by atoms with E-state index in [4.69, 9.17) is 5.73 Å². The molecule has 2 aromatic rings. The number of nitrogens with two attached hydrogens (primary N) is 1. The Hall–Kier alpha value is -1.64. The van der Waals surface area contributed by atoms with Crippen LogP contribution in [0.3, 0.4) is 0 Å². The van der Waals surface area contributed by atoms with Gasteiger partial charge in [0, 0.05) is 6.04 Å². The molecular weight excluding hydrogens is 256 g/mol. The SMILES string of the molecule is NC1CCCCC(Cc2ccccc2-c2ccccc2)N1. The molecule has 2 heteroatoms. The lowest BCUT2D eigenvalue weighted by molar-refractivity contribution is 0.435. The Morgan fingerprint density at radius 1 is 0.905 bits per heavy atom. The van der Waals surface area contributed by atoms with Gasteiger partial charge in [-0.25, -0.2) is 0 Å². The van der Waals surface area contributed by atoms with Gasteiger partial charge in [-0.05, 0) is 36.0 Å². The molecule has 0 radical (unpaired) electrons. The summed E-state index contributed by atoms with van der Waals surface area (Å²) in [5, 5.41) is 3.58. The van der Waals surface area contributed by atoms with Crippen molar-refractivity contribution in [3.8, 4) is 11.1 Å². The van der Waals surface area contributed by atoms with Gasteiger partial charge in [-0.3, -0.25) is 5.32 Å². The van der Waals surface area contributed by atoms with E-state index < -0.39 is 0 Å². The summed E-state index contributed by atoms with van der Waals surface area (Å²) in [6.45, 7) is 0. The Kier molecular flexibility index (Phi) is 4.69. The van der Waals surface area contributed by atoms with Gasteiger partial charge in [-0.2, -0.15) is 0 Å². The van der Waals surface area contributed by atoms with Crippen molar-refractivity contribution in [1.29, 1.82) is 0 Å². The maximum absolute atomic E-state index is 6.12. The average molecular weight is 280 g/mol. The monoisotopic (exact) mass is 280 g/mol. The number of benzene rings is 2. The highest BCUT2D eigenvalue weighted by Gasteiger charge is 2.18. The van der Waals surface area contributed by atoms with Crippen molar-refractivity contribution < 1.29 is 0 Å². The summed E-state index contributed by atoms with van der Waals surface area (Å²) in [6, 6.07) is 19.9. The van der Waals surface area contributed by atoms with Crippen molar-refractivity contribution in [2.45, 2.75) is 44.3 Å². The van der Waals surface area contributed by atoms with Gasteiger partial charge in [0.1, 0.15) is 0 Å². The summed E-state index contributed by atoms with van der Waals surface area (Å²) in [5.74, 6) is 0. The minimum Gasteiger partial charge on any atom is -0.316 e. The quantitative estimate of drug-likeness (QED) is 0.899. The first kappa shape index (κ1) is 14.3. The summed E-state index contributed by atoms with van der Waals surface area (Å²) in [5.41, 5.74) is 10.2. The molecule has 1 aliphatic rings. The molecule has 0 amide bonds. The van der Waals surface area contributed by atoms with Gasteiger partial charge < -0.3 is 5.73 Å². The fraction of sp³-hybridized carbons (Fsp3) is 0.368. The number of rotatable bonds is 3. The van der Waals surface area contributed by atoms with E-state index in [0.717, 1.165) is 12.8 Å². The van der Waals surface area contributed by atoms with Gasteiger partial charge >= 0.3 is 0 Å². The minimum absolute atomic E-state index is 0.154. The van der Waals surface area contributed by atoms with Crippen LogP contribution in [0.25, 0.3) is 11.1 Å². The van der Waals surface area contributed by atoms with Gasteiger partial charge in [-0.1, -0.05) is 67.4 Å². The molecule has 0 aromatic heterocycles. The van der Waals surface area contributed by atoms with E-state index in [1.165, 1.54) is 36.0 Å². The maximum atomic E-state index is 6.12. The molecule has 0 saturated carbocycles. The smallest absolute Gasteiger partial charge is 0.0548 e. The van der Waals surface area contributed by atoms with Crippen LogP contribution in [0, 0.1) is 0 Å². The molecule has 110 valence electrons. The molecule has 2 nitrogen and oxygen atoms in total. The first-order valence-electron chi connectivity index (χ1n) is 7.98. The van der Waals surface area contributed by atoms with Crippen LogP contribution in [0.4, 0.5) is 0 Å². The van der Waals surface area contributed by atoms with Crippen molar-refractivity contribution in [2.75, 3.05) is 0 Å². The lowest BCUT2D eigenvalue weighted by Gasteiger charge is -2.21. The molecule has 2 aromatic carbocycles. The van der Waals surface area contributed by atoms with Crippen molar-refractivity contribution in [2.24, 2.45) is 5.73 Å². The maximum Gasteiger partial charge on any atom is 0.0548 e. The van der Waals surface area contributed by atoms with E-state index in [9.17, 15) is 0 Å². The van der Waals surface area contributed by atoms with Gasteiger partial charge in [0.25, 0.3) is 0 Å². The molecule has 1 fully saturated rings. The molecule has 2 atom stereocenters. The Balaban J connectivity index is 1.82. The predicted molar refractivity (Wildman–Crippen MR) is 88.9 cm³/mol. The largest absolute Gasteiger partial charge is 0.316 e. The lowest BCUT2D eigenvalue weighted by atomic mass is 9.94. The number of hydrogen-bond donors (Lipinski definition) is 2. The summed E-state index contributed by atoms with van der Waals surface area (Å²) in [7, 11) is 0. The minimum atomic E-state index is 0.154. The molecule has 0 bridgehead atoms. The highest BCUT2D eigenvalue weighted by atomic mass is 15.0. The highest BCUT2D eigenvalue weighted by molar-refractivity contribution is 5.67. The van der Waals surface area contributed by atoms with Gasteiger partial charge in [0.05, 0.1) is 6.17 Å². The van der Waals surface area contributed by atoms with Gasteiger partial charge in [0.2, 0.25) is 0 Å². The van der Waals surface area contributed by atoms with Crippen LogP contribution in [0.1, 0.15) is 31.2 Å². The third kappa shape index (κ3) is 3.72. The summed E-state index contributed by atoms with van der Waals surface area (Å²) in [6.07, 6.45) is 6.04. The first-order chi connectivity index (χ1) is 10.3. The molecule has 3 rings (SSSR count). The summed E-state index contributed by atoms with van der Waals surface area (Å²) in [4.78, 5) is 0. The first-order valence-corrected chi connectivity index (χ1v) is 7.98. The van der Waals surface area contributed by atoms with Crippen molar-refractivity contribution in [3.05, 3.63) is 60.2 Å². The molecule has 0 aliphatic carbocycles. The lowest BCUT2D eigenvalue weighted by Crippen LogP contribution is -2.43. The Labute approximate surface area is 127 Å². The topological polar surface area (TPSA) is 38.0 Å². The second-order valence-corrected chi connectivity index (χ2v) is 5.98. The van der Waals surface area contributed by atoms with Crippen LogP contribution in [-0.4, -0.2) is 12.2 Å². The predicted octanol–water partition coefficient (Wildman–Crippen LogP) is 3.71. The second kappa shape index (κ2) is 6.88. The molecule has 0 spiro atoms. The molecule has 1 aliphatic heterocycles. The van der Waals surface area contributed by atoms with E-state index in [0.29, 0.717) is 6.04 Å². The molecular formula is C19H24N2. The zero-order chi connectivity index (χ0) is 14.5. The van der Waals surface area contributed by atoms with Crippen LogP contribution in [0.15, 0.2) is 54.6 Å². The standard InChI is InChI=1S/C19H24N2/c20-19-13-7-5-11-17(21-19)14-16-10-4-6-12-18(16)15-8-2-1-3-9-15/h1-4,6,8-10,12,17,19,21H,5,7,11,13-14,20H2. The number of hydrogen-bond acceptors (Lipinski definition) is 2. The summed E-state index contributed by atoms with van der Waals surface area (Å²) < 4.78 is 0. The average Bonchev–Trinajstić information content (AvgIpc) is 2.73. The normalized spacial score (nSPS) is 22.7. The van der Waals surface area contributed by atoms with E-state index in [-0.39, 0.29) is 6.17 Å². The fourth-order valence-electron chi connectivity index (χ4n) is 3.25. The zero-order valence-electron chi connectivity index (χ0n) is 12.5. The van der Waals surface area contributed by atoms with Crippen molar-refractivity contribution >= 4 is 0 Å². The van der Waals surface area contributed by atoms with Crippen LogP contribution >= 0.6 is 0 Å². The van der Waals surface area contributed by atoms with E-state index in [1.54, 1.807) is 0 Å². The van der Waals surface area contributed by atoms with Gasteiger partial charge in [-0.15, -0.1) is 0 Å². The van der Waals surface area contributed by atoms with E-state index in [2.05, 4.69) is 59.9 Å². The molecule has 21 heavy (non-hydrogen) atoms. The summed E-state index contributed by atoms with van der Waals surface area (Å²) >= 11 is 0. The third-order valence-electron chi connectivity index (χ3n) is 4.34. The van der Waals surface area contributed by atoms with Crippen molar-refractivity contribution in [1.82, 2.24) is 5.32 Å². The van der Waals surface area contributed by atoms with Crippen LogP contribution in [-0.2, 0) is 6.42 Å². The van der Waals surface area contributed by atoms with Gasteiger partial charge in [0.15, 0.2) is 0 Å². The molecule has 1 saturated heterocycles. The Bertz CT molecular complexity index is 565. The Morgan fingerprint density at radius 2 is 1.62 bits per heavy atom. The molecule has 2 unspecified atom stereocenters. The van der Waals surface area contributed by atoms with Crippen LogP contribution in [0.2, 0.25) is 0 Å². The molecule has 3 N–H and O–H groups in total. The van der Waals surface area contributed by atoms with Crippen LogP contribution < -0.4 is 11.1 Å². The fourth-order valence-corrected chi connectivity index (χ4v) is 3.25.